The van der Waals surface area contributed by atoms with E-state index in [-0.39, 0.29) is 22.4 Å². The highest BCUT2D eigenvalue weighted by molar-refractivity contribution is 7.90. The number of nitriles is 1. The molecule has 3 rings (SSSR count). The van der Waals surface area contributed by atoms with Crippen molar-refractivity contribution >= 4 is 26.8 Å². The summed E-state index contributed by atoms with van der Waals surface area (Å²) in [7, 11) is -2.66. The second-order valence-electron chi connectivity index (χ2n) is 7.67. The molecule has 0 aliphatic carbocycles. The van der Waals surface area contributed by atoms with Gasteiger partial charge < -0.3 is 9.72 Å². The SMILES string of the molecule is CN(C(C)(C)C)S(=O)(=O)Nc1ccc(F)c(Oc2ccc3nc[nH]c(=O)c3c2)c1C#N. The number of H-pyrrole nitrogens is 1. The molecule has 31 heavy (non-hydrogen) atoms. The van der Waals surface area contributed by atoms with Crippen LogP contribution in [-0.2, 0) is 10.2 Å². The van der Waals surface area contributed by atoms with Crippen molar-refractivity contribution in [1.82, 2.24) is 14.3 Å². The molecule has 0 aliphatic heterocycles. The molecule has 162 valence electrons. The van der Waals surface area contributed by atoms with Gasteiger partial charge in [0, 0.05) is 12.6 Å². The number of nitrogens with zero attached hydrogens (tertiary/aromatic N) is 3. The van der Waals surface area contributed by atoms with Gasteiger partial charge in [-0.05, 0) is 51.1 Å². The maximum atomic E-state index is 14.5. The van der Waals surface area contributed by atoms with E-state index in [0.29, 0.717) is 5.52 Å². The van der Waals surface area contributed by atoms with E-state index in [1.165, 1.54) is 31.6 Å². The second-order valence-corrected chi connectivity index (χ2v) is 9.37. The highest BCUT2D eigenvalue weighted by Crippen LogP contribution is 2.34. The minimum absolute atomic E-state index is 0.0771. The maximum absolute atomic E-state index is 14.5. The minimum Gasteiger partial charge on any atom is -0.453 e. The lowest BCUT2D eigenvalue weighted by atomic mass is 10.1. The van der Waals surface area contributed by atoms with Crippen molar-refractivity contribution in [1.29, 1.82) is 5.26 Å². The van der Waals surface area contributed by atoms with Gasteiger partial charge in [-0.25, -0.2) is 9.37 Å². The molecular formula is C20H20FN5O4S. The number of anilines is 1. The highest BCUT2D eigenvalue weighted by atomic mass is 32.2. The number of aromatic amines is 1. The van der Waals surface area contributed by atoms with Crippen LogP contribution in [0, 0.1) is 17.1 Å². The average molecular weight is 445 g/mol. The fourth-order valence-electron chi connectivity index (χ4n) is 2.65. The Morgan fingerprint density at radius 1 is 1.26 bits per heavy atom. The molecule has 0 saturated carbocycles. The number of benzene rings is 2. The summed E-state index contributed by atoms with van der Waals surface area (Å²) >= 11 is 0. The van der Waals surface area contributed by atoms with Crippen LogP contribution in [-0.4, -0.2) is 35.3 Å². The van der Waals surface area contributed by atoms with Crippen LogP contribution < -0.4 is 15.0 Å². The summed E-state index contributed by atoms with van der Waals surface area (Å²) in [6.45, 7) is 5.10. The van der Waals surface area contributed by atoms with Gasteiger partial charge in [0.2, 0.25) is 0 Å². The van der Waals surface area contributed by atoms with Gasteiger partial charge in [0.25, 0.3) is 5.56 Å². The topological polar surface area (TPSA) is 128 Å². The fourth-order valence-corrected chi connectivity index (χ4v) is 3.96. The van der Waals surface area contributed by atoms with Gasteiger partial charge in [0.1, 0.15) is 17.4 Å². The van der Waals surface area contributed by atoms with Crippen LogP contribution in [0.15, 0.2) is 41.5 Å². The van der Waals surface area contributed by atoms with Crippen LogP contribution in [0.1, 0.15) is 26.3 Å². The first-order valence-electron chi connectivity index (χ1n) is 9.09. The predicted octanol–water partition coefficient (Wildman–Crippen LogP) is 3.11. The summed E-state index contributed by atoms with van der Waals surface area (Å²) in [5.41, 5.74) is -1.22. The lowest BCUT2D eigenvalue weighted by Crippen LogP contribution is -2.45. The van der Waals surface area contributed by atoms with E-state index in [1.807, 2.05) is 0 Å². The van der Waals surface area contributed by atoms with Crippen LogP contribution in [0.3, 0.4) is 0 Å². The molecule has 0 radical (unpaired) electrons. The molecule has 0 bridgehead atoms. The molecule has 1 heterocycles. The summed E-state index contributed by atoms with van der Waals surface area (Å²) < 4.78 is 48.8. The standard InChI is InChI=1S/C20H20FN5O4S/c1-20(2,3)26(4)31(28,29)25-17-8-6-15(21)18(14(17)10-22)30-12-5-7-16-13(9-12)19(27)24-11-23-16/h5-9,11,25H,1-4H3,(H,23,24,27). The molecule has 0 amide bonds. The van der Waals surface area contributed by atoms with Crippen LogP contribution >= 0.6 is 0 Å². The molecule has 2 aromatic carbocycles. The third-order valence-corrected chi connectivity index (χ3v) is 6.34. The van der Waals surface area contributed by atoms with E-state index < -0.39 is 32.9 Å². The molecule has 0 fully saturated rings. The van der Waals surface area contributed by atoms with Crippen LogP contribution in [0.2, 0.25) is 0 Å². The van der Waals surface area contributed by atoms with E-state index in [9.17, 15) is 22.9 Å². The Bertz CT molecular complexity index is 1360. The number of hydrogen-bond donors (Lipinski definition) is 2. The Labute approximate surface area is 178 Å². The Morgan fingerprint density at radius 2 is 1.97 bits per heavy atom. The summed E-state index contributed by atoms with van der Waals surface area (Å²) in [6.07, 6.45) is 1.25. The number of halogens is 1. The third kappa shape index (κ3) is 4.50. The minimum atomic E-state index is -4.04. The zero-order valence-electron chi connectivity index (χ0n) is 17.2. The lowest BCUT2D eigenvalue weighted by molar-refractivity contribution is 0.293. The molecule has 11 heteroatoms. The predicted molar refractivity (Wildman–Crippen MR) is 114 cm³/mol. The van der Waals surface area contributed by atoms with Gasteiger partial charge in [-0.3, -0.25) is 9.52 Å². The fraction of sp³-hybridized carbons (Fsp3) is 0.250. The van der Waals surface area contributed by atoms with Crippen LogP contribution in [0.4, 0.5) is 10.1 Å². The van der Waals surface area contributed by atoms with E-state index in [4.69, 9.17) is 4.74 Å². The van der Waals surface area contributed by atoms with Crippen LogP contribution in [0.5, 0.6) is 11.5 Å². The number of nitrogens with one attached hydrogen (secondary N) is 2. The van der Waals surface area contributed by atoms with Crippen molar-refractivity contribution in [3.05, 3.63) is 58.4 Å². The molecule has 0 spiro atoms. The van der Waals surface area contributed by atoms with Gasteiger partial charge in [-0.15, -0.1) is 0 Å². The molecule has 0 atom stereocenters. The maximum Gasteiger partial charge on any atom is 0.301 e. The first-order chi connectivity index (χ1) is 14.4. The van der Waals surface area contributed by atoms with E-state index >= 15 is 0 Å². The largest absolute Gasteiger partial charge is 0.453 e. The van der Waals surface area contributed by atoms with E-state index in [2.05, 4.69) is 14.7 Å². The van der Waals surface area contributed by atoms with Crippen molar-refractivity contribution in [2.24, 2.45) is 0 Å². The number of hydrogen-bond acceptors (Lipinski definition) is 6. The lowest BCUT2D eigenvalue weighted by Gasteiger charge is -2.31. The molecule has 2 N–H and O–H groups in total. The van der Waals surface area contributed by atoms with Crippen molar-refractivity contribution in [2.45, 2.75) is 26.3 Å². The second kappa shape index (κ2) is 7.98. The number of rotatable bonds is 5. The summed E-state index contributed by atoms with van der Waals surface area (Å²) in [5, 5.41) is 9.81. The van der Waals surface area contributed by atoms with Gasteiger partial charge in [-0.1, -0.05) is 0 Å². The van der Waals surface area contributed by atoms with Gasteiger partial charge in [0.15, 0.2) is 11.6 Å². The summed E-state index contributed by atoms with van der Waals surface area (Å²) in [5.74, 6) is -1.27. The third-order valence-electron chi connectivity index (χ3n) is 4.60. The van der Waals surface area contributed by atoms with Crippen molar-refractivity contribution in [2.75, 3.05) is 11.8 Å². The van der Waals surface area contributed by atoms with Crippen molar-refractivity contribution in [3.63, 3.8) is 0 Å². The average Bonchev–Trinajstić information content (AvgIpc) is 2.69. The zero-order valence-corrected chi connectivity index (χ0v) is 18.0. The Morgan fingerprint density at radius 3 is 2.61 bits per heavy atom. The molecule has 3 aromatic rings. The number of aromatic nitrogens is 2. The van der Waals surface area contributed by atoms with E-state index in [0.717, 1.165) is 16.4 Å². The van der Waals surface area contributed by atoms with Crippen LogP contribution in [0.25, 0.3) is 10.9 Å². The number of fused-ring (bicyclic) bond motifs is 1. The smallest absolute Gasteiger partial charge is 0.301 e. The molecule has 0 unspecified atom stereocenters. The van der Waals surface area contributed by atoms with Gasteiger partial charge >= 0.3 is 10.2 Å². The molecule has 0 saturated heterocycles. The van der Waals surface area contributed by atoms with Gasteiger partial charge in [0.05, 0.1) is 22.9 Å². The van der Waals surface area contributed by atoms with Gasteiger partial charge in [-0.2, -0.15) is 18.0 Å². The normalized spacial score (nSPS) is 12.0. The number of ether oxygens (including phenoxy) is 1. The summed E-state index contributed by atoms with van der Waals surface area (Å²) in [4.78, 5) is 18.4. The van der Waals surface area contributed by atoms with Crippen molar-refractivity contribution < 1.29 is 17.5 Å². The zero-order chi connectivity index (χ0) is 23.0. The Hall–Kier alpha value is -3.49. The highest BCUT2D eigenvalue weighted by Gasteiger charge is 2.30. The monoisotopic (exact) mass is 445 g/mol. The molecule has 9 nitrogen and oxygen atoms in total. The molecular weight excluding hydrogens is 425 g/mol. The first-order valence-corrected chi connectivity index (χ1v) is 10.5. The van der Waals surface area contributed by atoms with E-state index in [1.54, 1.807) is 26.8 Å². The first kappa shape index (κ1) is 22.2. The summed E-state index contributed by atoms with van der Waals surface area (Å²) in [6, 6.07) is 8.23. The quantitative estimate of drug-likeness (QED) is 0.621. The Balaban J connectivity index is 2.04. The molecule has 0 aliphatic rings. The van der Waals surface area contributed by atoms with Crippen molar-refractivity contribution in [3.8, 4) is 17.6 Å². The molecule has 1 aromatic heterocycles. The Kier molecular flexibility index (Phi) is 5.71.